The van der Waals surface area contributed by atoms with Crippen LogP contribution in [0.25, 0.3) is 11.1 Å². The lowest BCUT2D eigenvalue weighted by molar-refractivity contribution is 0.148. The van der Waals surface area contributed by atoms with Gasteiger partial charge in [-0.1, -0.05) is 48.5 Å². The van der Waals surface area contributed by atoms with Crippen molar-refractivity contribution in [3.63, 3.8) is 0 Å². The van der Waals surface area contributed by atoms with E-state index in [4.69, 9.17) is 4.74 Å². The lowest BCUT2D eigenvalue weighted by atomic mass is 9.98. The van der Waals surface area contributed by atoms with Gasteiger partial charge in [0.25, 0.3) is 0 Å². The van der Waals surface area contributed by atoms with E-state index in [1.807, 2.05) is 24.3 Å². The maximum Gasteiger partial charge on any atom is 0.412 e. The molecule has 1 aliphatic carbocycles. The van der Waals surface area contributed by atoms with Gasteiger partial charge >= 0.3 is 6.09 Å². The number of nitrogens with one attached hydrogen (secondary N) is 2. The van der Waals surface area contributed by atoms with E-state index in [1.165, 1.54) is 34.8 Å². The van der Waals surface area contributed by atoms with Gasteiger partial charge in [0.1, 0.15) is 12.4 Å². The molecule has 1 radical (unpaired) electrons. The van der Waals surface area contributed by atoms with E-state index < -0.39 is 6.09 Å². The fourth-order valence-corrected chi connectivity index (χ4v) is 3.21. The summed E-state index contributed by atoms with van der Waals surface area (Å²) in [5, 5.41) is 5.37. The van der Waals surface area contributed by atoms with Crippen LogP contribution in [-0.4, -0.2) is 31.4 Å². The number of amides is 1. The maximum atomic E-state index is 12.0. The van der Waals surface area contributed by atoms with Crippen molar-refractivity contribution in [3.8, 4) is 11.1 Å². The summed E-state index contributed by atoms with van der Waals surface area (Å²) in [6.45, 7) is 0.743. The molecule has 2 aliphatic rings. The van der Waals surface area contributed by atoms with Crippen LogP contribution in [0.15, 0.2) is 64.7 Å². The number of hydrogen-bond acceptors (Lipinski definition) is 5. The molecule has 0 atom stereocenters. The number of amidine groups is 1. The van der Waals surface area contributed by atoms with Gasteiger partial charge in [0, 0.05) is 5.92 Å². The Labute approximate surface area is 151 Å². The second-order valence-electron chi connectivity index (χ2n) is 5.90. The van der Waals surface area contributed by atoms with Gasteiger partial charge in [0.15, 0.2) is 0 Å². The normalized spacial score (nSPS) is 15.2. The van der Waals surface area contributed by atoms with Gasteiger partial charge in [0.2, 0.25) is 0 Å². The molecule has 0 spiro atoms. The molecule has 2 aromatic carbocycles. The highest BCUT2D eigenvalue weighted by atomic mass is 16.5. The summed E-state index contributed by atoms with van der Waals surface area (Å²) in [6.07, 6.45) is 4.97. The standard InChI is InChI=1S/C20H17N4O2/c25-20(24-13-23-19-11-21-9-10-22-19)26-12-18-16-7-3-1-5-14(16)15-6-2-4-8-17(15)18/h1-8,10,13,18,21H,11-12H2,(H,22,23,24,25). The number of fused-ring (bicyclic) bond motifs is 3. The number of benzene rings is 2. The highest BCUT2D eigenvalue weighted by Gasteiger charge is 2.28. The maximum absolute atomic E-state index is 12.0. The summed E-state index contributed by atoms with van der Waals surface area (Å²) in [4.78, 5) is 20.0. The summed E-state index contributed by atoms with van der Waals surface area (Å²) in [5.41, 5.74) is 4.76. The fraction of sp³-hybridized carbons (Fsp3) is 0.150. The van der Waals surface area contributed by atoms with Gasteiger partial charge in [-0.25, -0.2) is 14.8 Å². The zero-order valence-corrected chi connectivity index (χ0v) is 14.0. The number of carbonyl (C=O) groups excluding carboxylic acids is 1. The van der Waals surface area contributed by atoms with E-state index >= 15 is 0 Å². The molecule has 2 N–H and O–H groups in total. The summed E-state index contributed by atoms with van der Waals surface area (Å²) >= 11 is 0. The minimum Gasteiger partial charge on any atom is -0.448 e. The van der Waals surface area contributed by atoms with Gasteiger partial charge in [-0.3, -0.25) is 5.32 Å². The fourth-order valence-electron chi connectivity index (χ4n) is 3.21. The highest BCUT2D eigenvalue weighted by Crippen LogP contribution is 2.44. The molecule has 0 bridgehead atoms. The van der Waals surface area contributed by atoms with Crippen molar-refractivity contribution in [1.29, 1.82) is 0 Å². The van der Waals surface area contributed by atoms with Crippen molar-refractivity contribution in [2.75, 3.05) is 13.2 Å². The van der Waals surface area contributed by atoms with Gasteiger partial charge in [-0.15, -0.1) is 0 Å². The van der Waals surface area contributed by atoms with Crippen LogP contribution < -0.4 is 10.6 Å². The number of nitrogens with zero attached hydrogens (tertiary/aromatic N) is 2. The van der Waals surface area contributed by atoms with E-state index in [1.54, 1.807) is 0 Å². The Morgan fingerprint density at radius 2 is 1.92 bits per heavy atom. The summed E-state index contributed by atoms with van der Waals surface area (Å²) in [7, 11) is 0. The average Bonchev–Trinajstić information content (AvgIpc) is 3.01. The molecule has 26 heavy (non-hydrogen) atoms. The molecule has 129 valence electrons. The van der Waals surface area contributed by atoms with E-state index in [0.29, 0.717) is 12.4 Å². The third-order valence-corrected chi connectivity index (χ3v) is 4.37. The number of ether oxygens (including phenoxy) is 1. The molecule has 0 aromatic heterocycles. The van der Waals surface area contributed by atoms with Gasteiger partial charge in [-0.2, -0.15) is 0 Å². The molecule has 0 saturated carbocycles. The molecule has 1 amide bonds. The zero-order valence-electron chi connectivity index (χ0n) is 14.0. The third-order valence-electron chi connectivity index (χ3n) is 4.37. The summed E-state index contributed by atoms with van der Waals surface area (Å²) < 4.78 is 5.41. The number of carbonyl (C=O) groups is 1. The first-order chi connectivity index (χ1) is 12.8. The van der Waals surface area contributed by atoms with Crippen LogP contribution in [-0.2, 0) is 4.74 Å². The smallest absolute Gasteiger partial charge is 0.412 e. The SMILES string of the molecule is O=C(N/C=N/C1=NC=[C]NC1)OCC1c2ccccc2-c2ccccc21. The van der Waals surface area contributed by atoms with Crippen LogP contribution >= 0.6 is 0 Å². The molecule has 1 heterocycles. The van der Waals surface area contributed by atoms with Crippen LogP contribution in [0, 0.1) is 6.20 Å². The van der Waals surface area contributed by atoms with E-state index in [9.17, 15) is 4.79 Å². The predicted molar refractivity (Wildman–Crippen MR) is 99.9 cm³/mol. The van der Waals surface area contributed by atoms with Crippen molar-refractivity contribution in [2.45, 2.75) is 5.92 Å². The van der Waals surface area contributed by atoms with Crippen LogP contribution in [0.5, 0.6) is 0 Å². The van der Waals surface area contributed by atoms with E-state index in [-0.39, 0.29) is 12.5 Å². The molecule has 0 unspecified atom stereocenters. The van der Waals surface area contributed by atoms with Crippen LogP contribution in [0.2, 0.25) is 0 Å². The van der Waals surface area contributed by atoms with Crippen LogP contribution in [0.4, 0.5) is 4.79 Å². The van der Waals surface area contributed by atoms with Crippen LogP contribution in [0.3, 0.4) is 0 Å². The Morgan fingerprint density at radius 3 is 2.58 bits per heavy atom. The molecule has 6 heteroatoms. The first-order valence-corrected chi connectivity index (χ1v) is 8.34. The summed E-state index contributed by atoms with van der Waals surface area (Å²) in [5.74, 6) is 0.598. The quantitative estimate of drug-likeness (QED) is 0.663. The van der Waals surface area contributed by atoms with Gasteiger partial charge < -0.3 is 10.1 Å². The Balaban J connectivity index is 1.40. The van der Waals surface area contributed by atoms with Gasteiger partial charge in [-0.05, 0) is 22.3 Å². The Kier molecular flexibility index (Phi) is 4.47. The topological polar surface area (TPSA) is 75.1 Å². The first kappa shape index (κ1) is 16.1. The molecular formula is C20H17N4O2. The van der Waals surface area contributed by atoms with Crippen molar-refractivity contribution in [3.05, 3.63) is 72.1 Å². The summed E-state index contributed by atoms with van der Waals surface area (Å²) in [6, 6.07) is 16.4. The number of alkyl carbamates (subject to hydrolysis) is 1. The lowest BCUT2D eigenvalue weighted by Gasteiger charge is -2.13. The zero-order chi connectivity index (χ0) is 17.8. The van der Waals surface area contributed by atoms with Crippen molar-refractivity contribution in [1.82, 2.24) is 10.6 Å². The monoisotopic (exact) mass is 345 g/mol. The minimum atomic E-state index is -0.540. The highest BCUT2D eigenvalue weighted by molar-refractivity contribution is 5.94. The minimum absolute atomic E-state index is 0.0395. The largest absolute Gasteiger partial charge is 0.448 e. The van der Waals surface area contributed by atoms with Crippen molar-refractivity contribution < 1.29 is 9.53 Å². The number of hydrogen-bond donors (Lipinski definition) is 2. The Bertz CT molecular complexity index is 872. The second-order valence-corrected chi connectivity index (χ2v) is 5.90. The van der Waals surface area contributed by atoms with Crippen LogP contribution in [0.1, 0.15) is 17.0 Å². The lowest BCUT2D eigenvalue weighted by Crippen LogP contribution is -2.26. The molecule has 1 aliphatic heterocycles. The molecular weight excluding hydrogens is 328 g/mol. The van der Waals surface area contributed by atoms with E-state index in [0.717, 1.165) is 0 Å². The van der Waals surface area contributed by atoms with Gasteiger partial charge in [0.05, 0.1) is 25.3 Å². The Morgan fingerprint density at radius 1 is 1.23 bits per heavy atom. The van der Waals surface area contributed by atoms with E-state index in [2.05, 4.69) is 51.1 Å². The second kappa shape index (κ2) is 7.23. The third kappa shape index (κ3) is 3.21. The first-order valence-electron chi connectivity index (χ1n) is 8.34. The molecule has 0 fully saturated rings. The average molecular weight is 345 g/mol. The van der Waals surface area contributed by atoms with Crippen molar-refractivity contribution >= 4 is 18.3 Å². The predicted octanol–water partition coefficient (Wildman–Crippen LogP) is 2.83. The van der Waals surface area contributed by atoms with Crippen molar-refractivity contribution in [2.24, 2.45) is 9.98 Å². The molecule has 4 rings (SSSR count). The molecule has 2 aromatic rings. The Hall–Kier alpha value is -3.41. The molecule has 6 nitrogen and oxygen atoms in total. The molecule has 0 saturated heterocycles. The number of aliphatic imine (C=N–C) groups is 2. The number of rotatable bonds is 3.